The van der Waals surface area contributed by atoms with Gasteiger partial charge in [-0.25, -0.2) is 13.2 Å². The number of aryl methyl sites for hydroxylation is 1. The third-order valence-corrected chi connectivity index (χ3v) is 4.98. The first kappa shape index (κ1) is 22.4. The molecule has 1 nitrogen and oxygen atoms in total. The number of fused-ring (bicyclic) bond motifs is 1. The molecule has 0 aliphatic rings. The highest BCUT2D eigenvalue weighted by Gasteiger charge is 2.14. The van der Waals surface area contributed by atoms with Crippen molar-refractivity contribution in [2.45, 2.75) is 26.7 Å². The molecule has 0 radical (unpaired) electrons. The SMILES string of the molecule is CC=CCOc1ccc2cc(C(F)=C(F)c3ccc(CC/C=C/C)cc3)ccc2c1F. The van der Waals surface area contributed by atoms with Crippen molar-refractivity contribution in [3.63, 3.8) is 0 Å². The van der Waals surface area contributed by atoms with Gasteiger partial charge < -0.3 is 4.74 Å². The Labute approximate surface area is 181 Å². The topological polar surface area (TPSA) is 9.23 Å². The number of hydrogen-bond acceptors (Lipinski definition) is 1. The van der Waals surface area contributed by atoms with Crippen LogP contribution in [0.25, 0.3) is 22.4 Å². The lowest BCUT2D eigenvalue weighted by Gasteiger charge is -2.09. The molecule has 0 N–H and O–H groups in total. The fourth-order valence-corrected chi connectivity index (χ4v) is 3.24. The van der Waals surface area contributed by atoms with Crippen molar-refractivity contribution >= 4 is 22.4 Å². The Kier molecular flexibility index (Phi) is 7.71. The zero-order valence-electron chi connectivity index (χ0n) is 17.7. The summed E-state index contributed by atoms with van der Waals surface area (Å²) in [4.78, 5) is 0. The highest BCUT2D eigenvalue weighted by Crippen LogP contribution is 2.33. The van der Waals surface area contributed by atoms with E-state index in [1.54, 1.807) is 36.4 Å². The standard InChI is InChI=1S/C27H25F3O/c1-3-5-7-8-19-9-11-20(12-10-19)25(28)26(29)22-13-15-23-21(18-22)14-16-24(27(23)30)31-17-6-4-2/h3-6,9-16,18H,7-8,17H2,1-2H3/b5-3+,6-4?,26-25?. The van der Waals surface area contributed by atoms with E-state index < -0.39 is 17.5 Å². The first-order valence-corrected chi connectivity index (χ1v) is 10.3. The van der Waals surface area contributed by atoms with Crippen molar-refractivity contribution in [3.05, 3.63) is 101 Å². The van der Waals surface area contributed by atoms with Crippen LogP contribution in [0.2, 0.25) is 0 Å². The van der Waals surface area contributed by atoms with Crippen LogP contribution in [0, 0.1) is 5.82 Å². The van der Waals surface area contributed by atoms with Crippen LogP contribution in [-0.4, -0.2) is 6.61 Å². The van der Waals surface area contributed by atoms with Crippen molar-refractivity contribution < 1.29 is 17.9 Å². The predicted octanol–water partition coefficient (Wildman–Crippen LogP) is 8.21. The summed E-state index contributed by atoms with van der Waals surface area (Å²) < 4.78 is 49.7. The number of rotatable bonds is 8. The molecule has 0 saturated carbocycles. The Balaban J connectivity index is 1.85. The maximum atomic E-state index is 14.8. The van der Waals surface area contributed by atoms with Crippen LogP contribution in [0.4, 0.5) is 13.2 Å². The van der Waals surface area contributed by atoms with E-state index in [0.717, 1.165) is 18.4 Å². The van der Waals surface area contributed by atoms with Crippen LogP contribution >= 0.6 is 0 Å². The monoisotopic (exact) mass is 422 g/mol. The molecule has 0 aliphatic carbocycles. The van der Waals surface area contributed by atoms with Gasteiger partial charge in [0.2, 0.25) is 0 Å². The quantitative estimate of drug-likeness (QED) is 0.262. The Hall–Kier alpha value is -3.27. The van der Waals surface area contributed by atoms with E-state index in [1.807, 2.05) is 26.0 Å². The zero-order chi connectivity index (χ0) is 22.2. The minimum absolute atomic E-state index is 0.0594. The number of halogens is 3. The second-order valence-electron chi connectivity index (χ2n) is 7.13. The summed E-state index contributed by atoms with van der Waals surface area (Å²) in [6.45, 7) is 4.07. The summed E-state index contributed by atoms with van der Waals surface area (Å²) >= 11 is 0. The average molecular weight is 422 g/mol. The maximum Gasteiger partial charge on any atom is 0.172 e. The van der Waals surface area contributed by atoms with E-state index in [1.165, 1.54) is 24.3 Å². The van der Waals surface area contributed by atoms with E-state index in [-0.39, 0.29) is 23.5 Å². The summed E-state index contributed by atoms with van der Waals surface area (Å²) in [5, 5.41) is 0.760. The van der Waals surface area contributed by atoms with Crippen molar-refractivity contribution in [1.82, 2.24) is 0 Å². The first-order chi connectivity index (χ1) is 15.0. The minimum atomic E-state index is -0.975. The van der Waals surface area contributed by atoms with Crippen LogP contribution < -0.4 is 4.74 Å². The highest BCUT2D eigenvalue weighted by molar-refractivity contribution is 5.91. The summed E-state index contributed by atoms with van der Waals surface area (Å²) in [6, 6.07) is 14.2. The van der Waals surface area contributed by atoms with Gasteiger partial charge in [-0.15, -0.1) is 0 Å². The predicted molar refractivity (Wildman–Crippen MR) is 123 cm³/mol. The Morgan fingerprint density at radius 3 is 2.23 bits per heavy atom. The van der Waals surface area contributed by atoms with Gasteiger partial charge in [-0.1, -0.05) is 66.8 Å². The molecule has 0 heterocycles. The second-order valence-corrected chi connectivity index (χ2v) is 7.13. The molecule has 3 rings (SSSR count). The molecule has 31 heavy (non-hydrogen) atoms. The van der Waals surface area contributed by atoms with E-state index in [0.29, 0.717) is 10.8 Å². The van der Waals surface area contributed by atoms with Crippen LogP contribution in [0.3, 0.4) is 0 Å². The Bertz CT molecular complexity index is 1130. The van der Waals surface area contributed by atoms with Crippen molar-refractivity contribution in [3.8, 4) is 5.75 Å². The molecule has 0 aromatic heterocycles. The van der Waals surface area contributed by atoms with Gasteiger partial charge in [0.25, 0.3) is 0 Å². The van der Waals surface area contributed by atoms with Crippen LogP contribution in [0.5, 0.6) is 5.75 Å². The lowest BCUT2D eigenvalue weighted by atomic mass is 10.0. The van der Waals surface area contributed by atoms with Gasteiger partial charge in [-0.3, -0.25) is 0 Å². The van der Waals surface area contributed by atoms with Crippen LogP contribution in [0.15, 0.2) is 78.9 Å². The van der Waals surface area contributed by atoms with Gasteiger partial charge >= 0.3 is 0 Å². The Morgan fingerprint density at radius 2 is 1.52 bits per heavy atom. The molecule has 4 heteroatoms. The summed E-state index contributed by atoms with van der Waals surface area (Å²) in [6.07, 6.45) is 9.37. The minimum Gasteiger partial charge on any atom is -0.486 e. The molecule has 3 aromatic carbocycles. The van der Waals surface area contributed by atoms with E-state index in [4.69, 9.17) is 4.74 Å². The maximum absolute atomic E-state index is 14.8. The molecule has 0 fully saturated rings. The van der Waals surface area contributed by atoms with E-state index in [9.17, 15) is 13.2 Å². The van der Waals surface area contributed by atoms with Gasteiger partial charge in [0.15, 0.2) is 23.2 Å². The second kappa shape index (κ2) is 10.7. The molecule has 0 unspecified atom stereocenters. The molecule has 0 bridgehead atoms. The number of allylic oxidation sites excluding steroid dienone is 3. The molecule has 3 aromatic rings. The molecule has 0 amide bonds. The number of benzene rings is 3. The highest BCUT2D eigenvalue weighted by atomic mass is 19.2. The summed E-state index contributed by atoms with van der Waals surface area (Å²) in [7, 11) is 0. The number of ether oxygens (including phenoxy) is 1. The van der Waals surface area contributed by atoms with Gasteiger partial charge in [-0.05, 0) is 49.8 Å². The third kappa shape index (κ3) is 5.46. The van der Waals surface area contributed by atoms with E-state index >= 15 is 0 Å². The first-order valence-electron chi connectivity index (χ1n) is 10.3. The van der Waals surface area contributed by atoms with Crippen LogP contribution in [0.1, 0.15) is 37.0 Å². The fourth-order valence-electron chi connectivity index (χ4n) is 3.24. The molecule has 0 aliphatic heterocycles. The fraction of sp³-hybridized carbons (Fsp3) is 0.185. The van der Waals surface area contributed by atoms with Crippen molar-refractivity contribution in [2.24, 2.45) is 0 Å². The summed E-state index contributed by atoms with van der Waals surface area (Å²) in [5.41, 5.74) is 1.29. The molecule has 160 valence electrons. The lowest BCUT2D eigenvalue weighted by molar-refractivity contribution is 0.343. The van der Waals surface area contributed by atoms with Crippen LogP contribution in [-0.2, 0) is 6.42 Å². The molecular weight excluding hydrogens is 397 g/mol. The van der Waals surface area contributed by atoms with Gasteiger partial charge in [0, 0.05) is 16.5 Å². The molecular formula is C27H25F3O. The Morgan fingerprint density at radius 1 is 0.839 bits per heavy atom. The smallest absolute Gasteiger partial charge is 0.172 e. The van der Waals surface area contributed by atoms with Crippen molar-refractivity contribution in [1.29, 1.82) is 0 Å². The largest absolute Gasteiger partial charge is 0.486 e. The van der Waals surface area contributed by atoms with Crippen molar-refractivity contribution in [2.75, 3.05) is 6.61 Å². The van der Waals surface area contributed by atoms with Gasteiger partial charge in [-0.2, -0.15) is 0 Å². The van der Waals surface area contributed by atoms with Gasteiger partial charge in [0.05, 0.1) is 0 Å². The number of hydrogen-bond donors (Lipinski definition) is 0. The van der Waals surface area contributed by atoms with Gasteiger partial charge in [0.1, 0.15) is 6.61 Å². The third-order valence-electron chi connectivity index (χ3n) is 4.98. The average Bonchev–Trinajstić information content (AvgIpc) is 2.80. The lowest BCUT2D eigenvalue weighted by Crippen LogP contribution is -1.96. The normalized spacial score (nSPS) is 12.7. The van der Waals surface area contributed by atoms with E-state index in [2.05, 4.69) is 6.08 Å². The zero-order valence-corrected chi connectivity index (χ0v) is 17.7. The molecule has 0 spiro atoms. The molecule has 0 saturated heterocycles. The molecule has 0 atom stereocenters. The summed E-state index contributed by atoms with van der Waals surface area (Å²) in [5.74, 6) is -2.31.